The van der Waals surface area contributed by atoms with Gasteiger partial charge in [0.25, 0.3) is 10.1 Å². The number of rotatable bonds is 16. The van der Waals surface area contributed by atoms with Crippen LogP contribution in [0.3, 0.4) is 0 Å². The third-order valence-electron chi connectivity index (χ3n) is 4.02. The van der Waals surface area contributed by atoms with Gasteiger partial charge >= 0.3 is 0 Å². The second kappa shape index (κ2) is 15.3. The van der Waals surface area contributed by atoms with E-state index in [9.17, 15) is 13.2 Å². The summed E-state index contributed by atoms with van der Waals surface area (Å²) in [5.74, 6) is -0.160. The highest BCUT2D eigenvalue weighted by Crippen LogP contribution is 2.18. The Kier molecular flexibility index (Phi) is 14.7. The summed E-state index contributed by atoms with van der Waals surface area (Å²) in [7, 11) is -3.54. The van der Waals surface area contributed by atoms with Crippen molar-refractivity contribution in [2.24, 2.45) is 5.92 Å². The lowest BCUT2D eigenvalue weighted by molar-refractivity contribution is -0.125. The predicted molar refractivity (Wildman–Crippen MR) is 105 cm³/mol. The maximum absolute atomic E-state index is 12.1. The fraction of sp³-hybridized carbons (Fsp3) is 0.750. The van der Waals surface area contributed by atoms with E-state index in [1.165, 1.54) is 12.8 Å². The first-order chi connectivity index (χ1) is 11.9. The van der Waals surface area contributed by atoms with Gasteiger partial charge in [0.1, 0.15) is 6.61 Å². The summed E-state index contributed by atoms with van der Waals surface area (Å²) in [6.45, 7) is 3.86. The van der Waals surface area contributed by atoms with E-state index in [1.807, 2.05) is 6.92 Å². The molecule has 25 heavy (non-hydrogen) atoms. The van der Waals surface area contributed by atoms with Crippen molar-refractivity contribution < 1.29 is 17.4 Å². The molecule has 0 rings (SSSR count). The van der Waals surface area contributed by atoms with E-state index in [1.54, 1.807) is 0 Å². The molecule has 1 atom stereocenters. The van der Waals surface area contributed by atoms with Gasteiger partial charge in [-0.1, -0.05) is 63.8 Å². The summed E-state index contributed by atoms with van der Waals surface area (Å²) in [5.41, 5.74) is 0. The molecule has 0 aliphatic heterocycles. The first-order valence-electron chi connectivity index (χ1n) is 9.57. The van der Waals surface area contributed by atoms with Crippen LogP contribution in [0, 0.1) is 5.92 Å². The smallest absolute Gasteiger partial charge is 0.264 e. The minimum Gasteiger partial charge on any atom is -0.297 e. The molecule has 0 heterocycles. The maximum Gasteiger partial charge on any atom is 0.264 e. The van der Waals surface area contributed by atoms with Gasteiger partial charge in [0.05, 0.1) is 6.26 Å². The van der Waals surface area contributed by atoms with Crippen molar-refractivity contribution in [3.05, 3.63) is 24.3 Å². The molecule has 0 amide bonds. The largest absolute Gasteiger partial charge is 0.297 e. The Morgan fingerprint density at radius 2 is 1.64 bits per heavy atom. The summed E-state index contributed by atoms with van der Waals surface area (Å²) in [6.07, 6.45) is 20.1. The van der Waals surface area contributed by atoms with Crippen molar-refractivity contribution in [2.75, 3.05) is 12.9 Å². The van der Waals surface area contributed by atoms with Crippen molar-refractivity contribution in [1.29, 1.82) is 0 Å². The van der Waals surface area contributed by atoms with Crippen molar-refractivity contribution in [2.45, 2.75) is 78.1 Å². The van der Waals surface area contributed by atoms with E-state index in [-0.39, 0.29) is 18.3 Å². The van der Waals surface area contributed by atoms with E-state index in [0.717, 1.165) is 57.6 Å². The molecule has 0 aromatic carbocycles. The van der Waals surface area contributed by atoms with Crippen molar-refractivity contribution in [1.82, 2.24) is 0 Å². The van der Waals surface area contributed by atoms with Crippen LogP contribution in [0.15, 0.2) is 24.3 Å². The number of carbonyl (C=O) groups excluding carboxylic acids is 1. The molecule has 146 valence electrons. The summed E-state index contributed by atoms with van der Waals surface area (Å²) in [5, 5.41) is 0. The number of hydrogen-bond acceptors (Lipinski definition) is 4. The number of ketones is 1. The first kappa shape index (κ1) is 24.1. The molecule has 0 spiro atoms. The van der Waals surface area contributed by atoms with Gasteiger partial charge < -0.3 is 0 Å². The Balaban J connectivity index is 3.86. The average molecular weight is 373 g/mol. The second-order valence-corrected chi connectivity index (χ2v) is 8.14. The van der Waals surface area contributed by atoms with E-state index < -0.39 is 10.1 Å². The third-order valence-corrected chi connectivity index (χ3v) is 4.57. The third kappa shape index (κ3) is 16.3. The summed E-state index contributed by atoms with van der Waals surface area (Å²) in [4.78, 5) is 12.1. The van der Waals surface area contributed by atoms with Crippen LogP contribution in [-0.4, -0.2) is 27.1 Å². The Bertz CT molecular complexity index is 492. The highest BCUT2D eigenvalue weighted by Gasteiger charge is 2.19. The number of carbonyl (C=O) groups is 1. The number of hydrogen-bond donors (Lipinski definition) is 0. The van der Waals surface area contributed by atoms with Gasteiger partial charge in [0, 0.05) is 5.92 Å². The molecule has 0 aliphatic carbocycles. The SMILES string of the molecule is CCC=CCC=CCCCCCCC(CCC)C(=O)COS(C)(=O)=O. The molecule has 0 fully saturated rings. The zero-order valence-corrected chi connectivity index (χ0v) is 17.0. The zero-order valence-electron chi connectivity index (χ0n) is 16.2. The highest BCUT2D eigenvalue weighted by molar-refractivity contribution is 7.86. The topological polar surface area (TPSA) is 60.4 Å². The lowest BCUT2D eigenvalue weighted by atomic mass is 9.92. The Morgan fingerprint density at radius 3 is 2.28 bits per heavy atom. The quantitative estimate of drug-likeness (QED) is 0.212. The Labute approximate surface area is 154 Å². The molecule has 0 radical (unpaired) electrons. The van der Waals surface area contributed by atoms with Gasteiger partial charge in [-0.15, -0.1) is 0 Å². The van der Waals surface area contributed by atoms with Gasteiger partial charge in [-0.05, 0) is 38.5 Å². The number of allylic oxidation sites excluding steroid dienone is 4. The van der Waals surface area contributed by atoms with Crippen LogP contribution in [-0.2, 0) is 19.1 Å². The van der Waals surface area contributed by atoms with Crippen LogP contribution >= 0.6 is 0 Å². The molecule has 4 nitrogen and oxygen atoms in total. The summed E-state index contributed by atoms with van der Waals surface area (Å²) in [6, 6.07) is 0. The molecule has 1 unspecified atom stereocenters. The molecule has 0 aromatic rings. The lowest BCUT2D eigenvalue weighted by Crippen LogP contribution is -2.21. The van der Waals surface area contributed by atoms with E-state index in [0.29, 0.717) is 0 Å². The number of Topliss-reactive ketones (excluding diaryl/α,β-unsaturated/α-hetero) is 1. The zero-order chi connectivity index (χ0) is 19.0. The summed E-state index contributed by atoms with van der Waals surface area (Å²) >= 11 is 0. The van der Waals surface area contributed by atoms with Crippen LogP contribution in [0.25, 0.3) is 0 Å². The van der Waals surface area contributed by atoms with Crippen LogP contribution < -0.4 is 0 Å². The summed E-state index contributed by atoms with van der Waals surface area (Å²) < 4.78 is 26.6. The van der Waals surface area contributed by atoms with Crippen molar-refractivity contribution in [3.8, 4) is 0 Å². The van der Waals surface area contributed by atoms with Crippen LogP contribution in [0.5, 0.6) is 0 Å². The number of unbranched alkanes of at least 4 members (excludes halogenated alkanes) is 4. The molecule has 5 heteroatoms. The lowest BCUT2D eigenvalue weighted by Gasteiger charge is -2.14. The van der Waals surface area contributed by atoms with Gasteiger partial charge in [-0.3, -0.25) is 8.98 Å². The van der Waals surface area contributed by atoms with E-state index in [2.05, 4.69) is 35.4 Å². The maximum atomic E-state index is 12.1. The highest BCUT2D eigenvalue weighted by atomic mass is 32.2. The van der Waals surface area contributed by atoms with Crippen LogP contribution in [0.1, 0.15) is 78.1 Å². The van der Waals surface area contributed by atoms with Crippen LogP contribution in [0.2, 0.25) is 0 Å². The predicted octanol–water partition coefficient (Wildman–Crippen LogP) is 5.20. The monoisotopic (exact) mass is 372 g/mol. The first-order valence-corrected chi connectivity index (χ1v) is 11.4. The fourth-order valence-electron chi connectivity index (χ4n) is 2.66. The van der Waals surface area contributed by atoms with Gasteiger partial charge in [-0.2, -0.15) is 8.42 Å². The molecular weight excluding hydrogens is 336 g/mol. The van der Waals surface area contributed by atoms with Gasteiger partial charge in [0.15, 0.2) is 5.78 Å². The molecule has 0 saturated carbocycles. The fourth-order valence-corrected chi connectivity index (χ4v) is 2.99. The molecule has 0 aromatic heterocycles. The molecule has 0 saturated heterocycles. The Morgan fingerprint density at radius 1 is 0.960 bits per heavy atom. The molecule has 0 aliphatic rings. The average Bonchev–Trinajstić information content (AvgIpc) is 2.56. The van der Waals surface area contributed by atoms with Crippen LogP contribution in [0.4, 0.5) is 0 Å². The van der Waals surface area contributed by atoms with Gasteiger partial charge in [0.2, 0.25) is 0 Å². The molecule has 0 N–H and O–H groups in total. The van der Waals surface area contributed by atoms with Gasteiger partial charge in [-0.25, -0.2) is 0 Å². The normalized spacial score (nSPS) is 13.7. The van der Waals surface area contributed by atoms with Crippen molar-refractivity contribution >= 4 is 15.9 Å². The molecule has 0 bridgehead atoms. The minimum atomic E-state index is -3.54. The standard InChI is InChI=1S/C20H36O4S/c1-4-6-7-8-9-10-11-12-13-14-15-17-19(16-5-2)20(21)18-24-25(3,22)23/h6-7,9-10,19H,4-5,8,11-18H2,1-3H3. The van der Waals surface area contributed by atoms with Crippen molar-refractivity contribution in [3.63, 3.8) is 0 Å². The second-order valence-electron chi connectivity index (χ2n) is 6.50. The molecular formula is C20H36O4S. The van der Waals surface area contributed by atoms with E-state index in [4.69, 9.17) is 0 Å². The van der Waals surface area contributed by atoms with E-state index >= 15 is 0 Å². The minimum absolute atomic E-state index is 0.0722. The Hall–Kier alpha value is -0.940.